The van der Waals surface area contributed by atoms with Gasteiger partial charge in [-0.15, -0.1) is 0 Å². The molecular formula is C27H26N2O6S. The van der Waals surface area contributed by atoms with Crippen LogP contribution in [0.5, 0.6) is 5.75 Å². The Morgan fingerprint density at radius 3 is 2.19 bits per heavy atom. The fourth-order valence-electron chi connectivity index (χ4n) is 4.01. The van der Waals surface area contributed by atoms with Crippen molar-refractivity contribution in [2.75, 3.05) is 18.6 Å². The second-order valence-electron chi connectivity index (χ2n) is 8.49. The number of sulfonamides is 1. The molecule has 0 spiro atoms. The molecule has 2 N–H and O–H groups in total. The second-order valence-corrected chi connectivity index (χ2v) is 10.2. The summed E-state index contributed by atoms with van der Waals surface area (Å²) in [6.07, 6.45) is 4.34. The van der Waals surface area contributed by atoms with Gasteiger partial charge < -0.3 is 14.7 Å². The van der Waals surface area contributed by atoms with Crippen LogP contribution in [0.2, 0.25) is 0 Å². The summed E-state index contributed by atoms with van der Waals surface area (Å²) in [7, 11) is -1.91. The van der Waals surface area contributed by atoms with Gasteiger partial charge in [-0.25, -0.2) is 17.9 Å². The molecule has 0 bridgehead atoms. The lowest BCUT2D eigenvalue weighted by Gasteiger charge is -2.16. The van der Waals surface area contributed by atoms with Crippen molar-refractivity contribution in [3.05, 3.63) is 102 Å². The summed E-state index contributed by atoms with van der Waals surface area (Å²) in [6.45, 7) is -0.455. The zero-order valence-electron chi connectivity index (χ0n) is 19.6. The fraction of sp³-hybridized carbons (Fsp3) is 0.185. The molecule has 0 amide bonds. The third-order valence-electron chi connectivity index (χ3n) is 5.88. The van der Waals surface area contributed by atoms with E-state index in [0.29, 0.717) is 29.8 Å². The first-order valence-electron chi connectivity index (χ1n) is 11.3. The smallest absolute Gasteiger partial charge is 0.341 e. The SMILES string of the molecule is CN(/C=C/C(=O)c1ccc(OCC(=O)O)cc1)c1ccc(S(=O)(=O)NC2Cc3ccccc3C2)cc1. The number of allylic oxidation sites excluding steroid dienone is 1. The first-order chi connectivity index (χ1) is 17.2. The maximum atomic E-state index is 12.9. The van der Waals surface area contributed by atoms with E-state index >= 15 is 0 Å². The highest BCUT2D eigenvalue weighted by Crippen LogP contribution is 2.24. The van der Waals surface area contributed by atoms with E-state index in [-0.39, 0.29) is 16.7 Å². The van der Waals surface area contributed by atoms with Crippen molar-refractivity contribution in [3.8, 4) is 5.75 Å². The summed E-state index contributed by atoms with van der Waals surface area (Å²) in [5.74, 6) is -0.965. The largest absolute Gasteiger partial charge is 0.482 e. The zero-order valence-corrected chi connectivity index (χ0v) is 20.4. The van der Waals surface area contributed by atoms with Gasteiger partial charge in [0, 0.05) is 36.6 Å². The summed E-state index contributed by atoms with van der Waals surface area (Å²) in [5, 5.41) is 8.65. The maximum absolute atomic E-state index is 12.9. The average Bonchev–Trinajstić information content (AvgIpc) is 3.27. The summed E-state index contributed by atoms with van der Waals surface area (Å²) >= 11 is 0. The van der Waals surface area contributed by atoms with Gasteiger partial charge in [0.15, 0.2) is 12.4 Å². The van der Waals surface area contributed by atoms with Gasteiger partial charge in [0.05, 0.1) is 4.90 Å². The third-order valence-corrected chi connectivity index (χ3v) is 7.41. The van der Waals surface area contributed by atoms with E-state index in [1.54, 1.807) is 54.5 Å². The summed E-state index contributed by atoms with van der Waals surface area (Å²) < 4.78 is 33.6. The van der Waals surface area contributed by atoms with Crippen LogP contribution in [0.1, 0.15) is 21.5 Å². The predicted octanol–water partition coefficient (Wildman–Crippen LogP) is 3.43. The highest BCUT2D eigenvalue weighted by Gasteiger charge is 2.26. The van der Waals surface area contributed by atoms with Crippen LogP contribution in [-0.2, 0) is 27.7 Å². The van der Waals surface area contributed by atoms with Crippen LogP contribution in [0.4, 0.5) is 5.69 Å². The number of hydrogen-bond donors (Lipinski definition) is 2. The molecule has 186 valence electrons. The Hall–Kier alpha value is -3.95. The number of carboxylic acid groups (broad SMARTS) is 1. The molecular weight excluding hydrogens is 480 g/mol. The average molecular weight is 507 g/mol. The number of hydrogen-bond acceptors (Lipinski definition) is 6. The van der Waals surface area contributed by atoms with E-state index in [2.05, 4.69) is 4.72 Å². The lowest BCUT2D eigenvalue weighted by Crippen LogP contribution is -2.35. The lowest BCUT2D eigenvalue weighted by atomic mass is 10.1. The fourth-order valence-corrected chi connectivity index (χ4v) is 5.25. The highest BCUT2D eigenvalue weighted by atomic mass is 32.2. The third kappa shape index (κ3) is 6.18. The van der Waals surface area contributed by atoms with Crippen LogP contribution in [0.25, 0.3) is 0 Å². The molecule has 3 aromatic carbocycles. The molecule has 4 rings (SSSR count). The van der Waals surface area contributed by atoms with Gasteiger partial charge in [-0.1, -0.05) is 24.3 Å². The van der Waals surface area contributed by atoms with Gasteiger partial charge in [-0.05, 0) is 72.5 Å². The number of carbonyl (C=O) groups is 2. The van der Waals surface area contributed by atoms with Gasteiger partial charge in [0.2, 0.25) is 10.0 Å². The number of aliphatic carboxylic acids is 1. The molecule has 1 aliphatic carbocycles. The second kappa shape index (κ2) is 10.8. The number of ketones is 1. The molecule has 9 heteroatoms. The molecule has 3 aromatic rings. The number of anilines is 1. The Bertz CT molecular complexity index is 1360. The predicted molar refractivity (Wildman–Crippen MR) is 136 cm³/mol. The van der Waals surface area contributed by atoms with Crippen molar-refractivity contribution in [3.63, 3.8) is 0 Å². The van der Waals surface area contributed by atoms with Crippen LogP contribution in [-0.4, -0.2) is 45.0 Å². The summed E-state index contributed by atoms with van der Waals surface area (Å²) in [6, 6.07) is 20.4. The molecule has 0 aromatic heterocycles. The van der Waals surface area contributed by atoms with E-state index in [4.69, 9.17) is 9.84 Å². The zero-order chi connectivity index (χ0) is 25.7. The van der Waals surface area contributed by atoms with Crippen LogP contribution < -0.4 is 14.4 Å². The normalized spacial score (nSPS) is 13.5. The van der Waals surface area contributed by atoms with Crippen molar-refractivity contribution in [1.82, 2.24) is 4.72 Å². The quantitative estimate of drug-likeness (QED) is 0.320. The molecule has 0 atom stereocenters. The van der Waals surface area contributed by atoms with Crippen molar-refractivity contribution in [1.29, 1.82) is 0 Å². The minimum Gasteiger partial charge on any atom is -0.482 e. The molecule has 0 heterocycles. The number of benzene rings is 3. The van der Waals surface area contributed by atoms with Crippen molar-refractivity contribution >= 4 is 27.5 Å². The summed E-state index contributed by atoms with van der Waals surface area (Å²) in [5.41, 5.74) is 3.48. The van der Waals surface area contributed by atoms with Crippen LogP contribution in [0, 0.1) is 0 Å². The summed E-state index contributed by atoms with van der Waals surface area (Å²) in [4.78, 5) is 24.9. The monoisotopic (exact) mass is 506 g/mol. The lowest BCUT2D eigenvalue weighted by molar-refractivity contribution is -0.139. The minimum atomic E-state index is -3.66. The molecule has 0 radical (unpaired) electrons. The topological polar surface area (TPSA) is 113 Å². The van der Waals surface area contributed by atoms with Gasteiger partial charge in [-0.2, -0.15) is 0 Å². The number of nitrogens with one attached hydrogen (secondary N) is 1. The minimum absolute atomic E-state index is 0.165. The van der Waals surface area contributed by atoms with Gasteiger partial charge in [-0.3, -0.25) is 4.79 Å². The molecule has 0 saturated carbocycles. The van der Waals surface area contributed by atoms with Crippen LogP contribution in [0.15, 0.2) is 90.0 Å². The van der Waals surface area contributed by atoms with E-state index in [1.807, 2.05) is 24.3 Å². The van der Waals surface area contributed by atoms with Gasteiger partial charge in [0.25, 0.3) is 0 Å². The van der Waals surface area contributed by atoms with E-state index in [1.165, 1.54) is 29.3 Å². The number of carboxylic acids is 1. The van der Waals surface area contributed by atoms with E-state index < -0.39 is 22.6 Å². The number of ether oxygens (including phenoxy) is 1. The van der Waals surface area contributed by atoms with Crippen molar-refractivity contribution in [2.24, 2.45) is 0 Å². The Morgan fingerprint density at radius 1 is 1.00 bits per heavy atom. The molecule has 0 unspecified atom stereocenters. The number of nitrogens with zero attached hydrogens (tertiary/aromatic N) is 1. The van der Waals surface area contributed by atoms with E-state index in [9.17, 15) is 18.0 Å². The molecule has 1 aliphatic rings. The van der Waals surface area contributed by atoms with Gasteiger partial charge in [0.1, 0.15) is 5.75 Å². The maximum Gasteiger partial charge on any atom is 0.341 e. The number of fused-ring (bicyclic) bond motifs is 1. The first-order valence-corrected chi connectivity index (χ1v) is 12.8. The number of carbonyl (C=O) groups excluding carboxylic acids is 1. The number of rotatable bonds is 10. The van der Waals surface area contributed by atoms with E-state index in [0.717, 1.165) is 0 Å². The standard InChI is InChI=1S/C27H26N2O6S/c1-29(15-14-26(30)19-6-10-24(11-7-19)35-18-27(31)32)23-8-12-25(13-9-23)36(33,34)28-22-16-20-4-2-3-5-21(20)17-22/h2-15,22,28H,16-18H2,1H3,(H,31,32)/b15-14+. The Balaban J connectivity index is 1.34. The Morgan fingerprint density at radius 2 is 1.61 bits per heavy atom. The molecule has 8 nitrogen and oxygen atoms in total. The first kappa shape index (κ1) is 25.2. The van der Waals surface area contributed by atoms with Gasteiger partial charge >= 0.3 is 5.97 Å². The van der Waals surface area contributed by atoms with Crippen LogP contribution in [0.3, 0.4) is 0 Å². The molecule has 0 saturated heterocycles. The Kier molecular flexibility index (Phi) is 7.52. The molecule has 0 aliphatic heterocycles. The van der Waals surface area contributed by atoms with Crippen LogP contribution >= 0.6 is 0 Å². The van der Waals surface area contributed by atoms with Crippen molar-refractivity contribution < 1.29 is 27.9 Å². The molecule has 0 fully saturated rings. The van der Waals surface area contributed by atoms with Crippen molar-refractivity contribution in [2.45, 2.75) is 23.8 Å². The highest BCUT2D eigenvalue weighted by molar-refractivity contribution is 7.89. The molecule has 36 heavy (non-hydrogen) atoms. The Labute approximate surface area is 209 Å².